The zero-order chi connectivity index (χ0) is 18.3. The monoisotopic (exact) mass is 389 g/mol. The molecule has 0 saturated heterocycles. The summed E-state index contributed by atoms with van der Waals surface area (Å²) in [7, 11) is 0. The van der Waals surface area contributed by atoms with Crippen LogP contribution in [0.4, 0.5) is 10.2 Å². The maximum absolute atomic E-state index is 14.4. The van der Waals surface area contributed by atoms with Gasteiger partial charge in [-0.3, -0.25) is 4.79 Å². The largest absolute Gasteiger partial charge is 0.508 e. The van der Waals surface area contributed by atoms with Gasteiger partial charge in [0.1, 0.15) is 23.1 Å². The summed E-state index contributed by atoms with van der Waals surface area (Å²) >= 11 is 7.27. The predicted molar refractivity (Wildman–Crippen MR) is 99.6 cm³/mol. The quantitative estimate of drug-likeness (QED) is 0.691. The van der Waals surface area contributed by atoms with E-state index in [1.54, 1.807) is 36.5 Å². The third-order valence-electron chi connectivity index (χ3n) is 4.05. The molecule has 2 heterocycles. The fourth-order valence-electron chi connectivity index (χ4n) is 2.86. The first-order valence-corrected chi connectivity index (χ1v) is 9.19. The molecule has 2 N–H and O–H groups in total. The Labute approximate surface area is 157 Å². The van der Waals surface area contributed by atoms with Crippen LogP contribution in [-0.4, -0.2) is 26.5 Å². The molecule has 0 aliphatic carbocycles. The zero-order valence-corrected chi connectivity index (χ0v) is 14.9. The van der Waals surface area contributed by atoms with Gasteiger partial charge >= 0.3 is 0 Å². The van der Waals surface area contributed by atoms with Gasteiger partial charge in [0.2, 0.25) is 5.91 Å². The van der Waals surface area contributed by atoms with Gasteiger partial charge in [-0.05, 0) is 35.9 Å². The predicted octanol–water partition coefficient (Wildman–Crippen LogP) is 4.15. The summed E-state index contributed by atoms with van der Waals surface area (Å²) in [6, 6.07) is 11.1. The molecule has 0 saturated carbocycles. The number of nitrogens with zero attached hydrogens (tertiary/aromatic N) is 2. The first kappa shape index (κ1) is 16.9. The fraction of sp³-hybridized carbons (Fsp3) is 0.111. The van der Waals surface area contributed by atoms with Crippen molar-refractivity contribution in [2.45, 2.75) is 5.25 Å². The van der Waals surface area contributed by atoms with E-state index in [9.17, 15) is 14.3 Å². The average molecular weight is 390 g/mol. The summed E-state index contributed by atoms with van der Waals surface area (Å²) in [6.07, 6.45) is 1.62. The number of hydrogen-bond donors (Lipinski definition) is 2. The van der Waals surface area contributed by atoms with Crippen molar-refractivity contribution < 1.29 is 14.3 Å². The number of anilines is 1. The van der Waals surface area contributed by atoms with E-state index < -0.39 is 5.82 Å². The summed E-state index contributed by atoms with van der Waals surface area (Å²) in [5, 5.41) is 16.7. The van der Waals surface area contributed by atoms with Crippen LogP contribution in [0.2, 0.25) is 5.02 Å². The number of phenols is 1. The third kappa shape index (κ3) is 3.04. The molecule has 1 atom stereocenters. The molecule has 0 bridgehead atoms. The van der Waals surface area contributed by atoms with Crippen LogP contribution in [0, 0.1) is 5.82 Å². The number of aromatic nitrogens is 2. The summed E-state index contributed by atoms with van der Waals surface area (Å²) in [4.78, 5) is 12.2. The second kappa shape index (κ2) is 6.66. The number of thioether (sulfide) groups is 1. The van der Waals surface area contributed by atoms with Crippen molar-refractivity contribution in [3.8, 4) is 11.4 Å². The molecule has 3 aromatic rings. The second-order valence-corrected chi connectivity index (χ2v) is 7.32. The van der Waals surface area contributed by atoms with Gasteiger partial charge < -0.3 is 10.4 Å². The van der Waals surface area contributed by atoms with E-state index >= 15 is 0 Å². The minimum Gasteiger partial charge on any atom is -0.508 e. The molecule has 0 fully saturated rings. The van der Waals surface area contributed by atoms with Gasteiger partial charge in [-0.25, -0.2) is 9.07 Å². The summed E-state index contributed by atoms with van der Waals surface area (Å²) in [6.45, 7) is 0. The van der Waals surface area contributed by atoms with E-state index in [-0.39, 0.29) is 33.4 Å². The number of phenolic OH excluding ortho intramolecular Hbond substituents is 1. The number of halogens is 2. The summed E-state index contributed by atoms with van der Waals surface area (Å²) in [5.74, 6) is 0.132. The van der Waals surface area contributed by atoms with E-state index in [2.05, 4.69) is 10.4 Å². The maximum Gasteiger partial charge on any atom is 0.235 e. The van der Waals surface area contributed by atoms with Crippen LogP contribution >= 0.6 is 23.4 Å². The van der Waals surface area contributed by atoms with Crippen molar-refractivity contribution in [3.63, 3.8) is 0 Å². The molecule has 0 spiro atoms. The normalized spacial score (nSPS) is 16.7. The Balaban J connectivity index is 1.84. The summed E-state index contributed by atoms with van der Waals surface area (Å²) in [5.41, 5.74) is 1.88. The van der Waals surface area contributed by atoms with Crippen LogP contribution in [0.5, 0.6) is 5.75 Å². The number of fused-ring (bicyclic) bond motifs is 1. The molecule has 1 aromatic heterocycles. The molecule has 1 amide bonds. The van der Waals surface area contributed by atoms with Gasteiger partial charge in [0.15, 0.2) is 0 Å². The molecule has 0 radical (unpaired) electrons. The number of nitrogens with one attached hydrogen (secondary N) is 1. The van der Waals surface area contributed by atoms with Crippen LogP contribution < -0.4 is 5.32 Å². The fourth-order valence-corrected chi connectivity index (χ4v) is 4.11. The lowest BCUT2D eigenvalue weighted by Gasteiger charge is -2.14. The Kier molecular flexibility index (Phi) is 4.34. The third-order valence-corrected chi connectivity index (χ3v) is 5.58. The highest BCUT2D eigenvalue weighted by Gasteiger charge is 2.28. The number of carbonyl (C=O) groups excluding carboxylic acids is 1. The first-order valence-electron chi connectivity index (χ1n) is 7.76. The Hall–Kier alpha value is -2.51. The molecule has 2 aromatic carbocycles. The van der Waals surface area contributed by atoms with Crippen molar-refractivity contribution >= 4 is 35.1 Å². The Morgan fingerprint density at radius 2 is 2.04 bits per heavy atom. The summed E-state index contributed by atoms with van der Waals surface area (Å²) < 4.78 is 15.7. The van der Waals surface area contributed by atoms with E-state index in [0.29, 0.717) is 5.82 Å². The van der Waals surface area contributed by atoms with E-state index in [1.165, 1.54) is 28.6 Å². The van der Waals surface area contributed by atoms with Crippen molar-refractivity contribution in [3.05, 3.63) is 70.6 Å². The van der Waals surface area contributed by atoms with Gasteiger partial charge in [0.25, 0.3) is 0 Å². The highest BCUT2D eigenvalue weighted by Crippen LogP contribution is 2.42. The minimum absolute atomic E-state index is 0.167. The SMILES string of the molecule is O=C1CSC(c2ccc(O)cc2)c2cnn(-c3ccc(Cl)cc3F)c2N1. The van der Waals surface area contributed by atoms with Crippen LogP contribution in [0.25, 0.3) is 5.69 Å². The smallest absolute Gasteiger partial charge is 0.235 e. The van der Waals surface area contributed by atoms with Crippen LogP contribution in [0.3, 0.4) is 0 Å². The molecule has 8 heteroatoms. The highest BCUT2D eigenvalue weighted by molar-refractivity contribution is 8.00. The van der Waals surface area contributed by atoms with Gasteiger partial charge in [-0.2, -0.15) is 5.10 Å². The molecule has 4 rings (SSSR count). The van der Waals surface area contributed by atoms with Crippen LogP contribution in [0.15, 0.2) is 48.7 Å². The van der Waals surface area contributed by atoms with Gasteiger partial charge in [0, 0.05) is 10.6 Å². The van der Waals surface area contributed by atoms with E-state index in [1.807, 2.05) is 0 Å². The van der Waals surface area contributed by atoms with Gasteiger partial charge in [-0.15, -0.1) is 11.8 Å². The number of aromatic hydroxyl groups is 1. The zero-order valence-electron chi connectivity index (χ0n) is 13.3. The van der Waals surface area contributed by atoms with Crippen molar-refractivity contribution in [1.82, 2.24) is 9.78 Å². The number of benzene rings is 2. The number of rotatable bonds is 2. The highest BCUT2D eigenvalue weighted by atomic mass is 35.5. The number of amides is 1. The second-order valence-electron chi connectivity index (χ2n) is 5.79. The van der Waals surface area contributed by atoms with Gasteiger partial charge in [0.05, 0.1) is 17.2 Å². The number of hydrogen-bond acceptors (Lipinski definition) is 4. The standard InChI is InChI=1S/C18H13ClFN3O2S/c19-11-3-6-15(14(20)7-11)23-18-13(8-21-23)17(26-9-16(25)22-18)10-1-4-12(24)5-2-10/h1-8,17,24H,9H2,(H,22,25). The minimum atomic E-state index is -0.532. The Bertz CT molecular complexity index is 991. The van der Waals surface area contributed by atoms with Crippen LogP contribution in [-0.2, 0) is 4.79 Å². The van der Waals surface area contributed by atoms with E-state index in [4.69, 9.17) is 11.6 Å². The molecule has 26 heavy (non-hydrogen) atoms. The molecule has 132 valence electrons. The molecule has 1 aliphatic heterocycles. The molecular weight excluding hydrogens is 377 g/mol. The molecular formula is C18H13ClFN3O2S. The van der Waals surface area contributed by atoms with Crippen molar-refractivity contribution in [2.75, 3.05) is 11.1 Å². The molecule has 5 nitrogen and oxygen atoms in total. The van der Waals surface area contributed by atoms with E-state index in [0.717, 1.165) is 11.1 Å². The first-order chi connectivity index (χ1) is 12.5. The lowest BCUT2D eigenvalue weighted by molar-refractivity contribution is -0.113. The topological polar surface area (TPSA) is 67.1 Å². The molecule has 1 aliphatic rings. The Morgan fingerprint density at radius 1 is 1.27 bits per heavy atom. The van der Waals surface area contributed by atoms with Crippen molar-refractivity contribution in [1.29, 1.82) is 0 Å². The van der Waals surface area contributed by atoms with Crippen LogP contribution in [0.1, 0.15) is 16.4 Å². The average Bonchev–Trinajstić information content (AvgIpc) is 2.92. The maximum atomic E-state index is 14.4. The van der Waals surface area contributed by atoms with Gasteiger partial charge in [-0.1, -0.05) is 23.7 Å². The lowest BCUT2D eigenvalue weighted by atomic mass is 10.1. The number of carbonyl (C=O) groups is 1. The molecule has 1 unspecified atom stereocenters. The lowest BCUT2D eigenvalue weighted by Crippen LogP contribution is -2.16. The Morgan fingerprint density at radius 3 is 2.77 bits per heavy atom. The van der Waals surface area contributed by atoms with Crippen molar-refractivity contribution in [2.24, 2.45) is 0 Å².